The summed E-state index contributed by atoms with van der Waals surface area (Å²) in [4.78, 5) is 14.7. The van der Waals surface area contributed by atoms with E-state index in [2.05, 4.69) is 9.97 Å². The zero-order valence-corrected chi connectivity index (χ0v) is 8.06. The van der Waals surface area contributed by atoms with Crippen molar-refractivity contribution in [2.45, 2.75) is 6.18 Å². The van der Waals surface area contributed by atoms with Crippen molar-refractivity contribution in [3.8, 4) is 0 Å². The zero-order valence-electron chi connectivity index (χ0n) is 6.55. The molecule has 0 aliphatic heterocycles. The molecule has 0 saturated heterocycles. The van der Waals surface area contributed by atoms with Crippen molar-refractivity contribution in [1.82, 2.24) is 9.97 Å². The highest BCUT2D eigenvalue weighted by molar-refractivity contribution is 6.36. The third kappa shape index (κ3) is 2.45. The standard InChI is InChI=1S/C5Cl2F3N3O2/c6-2-1(13(14)15)3(7)12-4(11-2)5(8,9)10. The van der Waals surface area contributed by atoms with Crippen LogP contribution < -0.4 is 0 Å². The monoisotopic (exact) mass is 261 g/mol. The molecule has 1 rings (SSSR count). The van der Waals surface area contributed by atoms with Gasteiger partial charge < -0.3 is 0 Å². The Bertz CT molecular complexity index is 399. The average Bonchev–Trinajstić information content (AvgIpc) is 1.99. The van der Waals surface area contributed by atoms with Crippen molar-refractivity contribution in [2.24, 2.45) is 0 Å². The minimum Gasteiger partial charge on any atom is -0.258 e. The molecule has 82 valence electrons. The highest BCUT2D eigenvalue weighted by atomic mass is 35.5. The van der Waals surface area contributed by atoms with Gasteiger partial charge in [0.05, 0.1) is 4.92 Å². The molecule has 5 nitrogen and oxygen atoms in total. The first-order valence-corrected chi connectivity index (χ1v) is 3.93. The minimum absolute atomic E-state index is 0.952. The molecule has 0 unspecified atom stereocenters. The van der Waals surface area contributed by atoms with Gasteiger partial charge in [-0.05, 0) is 0 Å². The van der Waals surface area contributed by atoms with Gasteiger partial charge in [0.25, 0.3) is 0 Å². The molecule has 1 aromatic rings. The summed E-state index contributed by atoms with van der Waals surface area (Å²) in [6, 6.07) is 0. The fourth-order valence-corrected chi connectivity index (χ4v) is 1.20. The number of rotatable bonds is 1. The quantitative estimate of drug-likeness (QED) is 0.443. The molecule has 0 aromatic carbocycles. The lowest BCUT2D eigenvalue weighted by Crippen LogP contribution is -2.12. The summed E-state index contributed by atoms with van der Waals surface area (Å²) >= 11 is 10.3. The van der Waals surface area contributed by atoms with Crippen LogP contribution in [-0.4, -0.2) is 14.9 Å². The molecule has 0 aliphatic carbocycles. The van der Waals surface area contributed by atoms with Crippen LogP contribution in [-0.2, 0) is 6.18 Å². The molecule has 0 amide bonds. The van der Waals surface area contributed by atoms with Crippen molar-refractivity contribution in [3.63, 3.8) is 0 Å². The van der Waals surface area contributed by atoms with Gasteiger partial charge in [-0.2, -0.15) is 13.2 Å². The largest absolute Gasteiger partial charge is 0.451 e. The number of alkyl halides is 3. The fourth-order valence-electron chi connectivity index (χ4n) is 0.679. The second-order valence-electron chi connectivity index (χ2n) is 2.23. The zero-order chi connectivity index (χ0) is 11.8. The van der Waals surface area contributed by atoms with Crippen molar-refractivity contribution in [3.05, 3.63) is 26.2 Å². The van der Waals surface area contributed by atoms with Crippen molar-refractivity contribution in [1.29, 1.82) is 0 Å². The molecule has 1 heterocycles. The summed E-state index contributed by atoms with van der Waals surface area (Å²) in [6.45, 7) is 0. The molecule has 10 heteroatoms. The van der Waals surface area contributed by atoms with Crippen molar-refractivity contribution >= 4 is 28.9 Å². The SMILES string of the molecule is O=[N+]([O-])c1c(Cl)nc(C(F)(F)F)nc1Cl. The first-order chi connectivity index (χ1) is 6.73. The number of aromatic nitrogens is 2. The van der Waals surface area contributed by atoms with Crippen molar-refractivity contribution < 1.29 is 18.1 Å². The van der Waals surface area contributed by atoms with E-state index in [1.165, 1.54) is 0 Å². The first-order valence-electron chi connectivity index (χ1n) is 3.18. The van der Waals surface area contributed by atoms with E-state index in [0.717, 1.165) is 0 Å². The van der Waals surface area contributed by atoms with Gasteiger partial charge in [0, 0.05) is 0 Å². The molecule has 0 fully saturated rings. The van der Waals surface area contributed by atoms with Gasteiger partial charge in [-0.15, -0.1) is 0 Å². The van der Waals surface area contributed by atoms with Gasteiger partial charge in [-0.3, -0.25) is 10.1 Å². The maximum Gasteiger partial charge on any atom is 0.451 e. The Hall–Kier alpha value is -1.15. The van der Waals surface area contributed by atoms with Crippen LogP contribution in [0.25, 0.3) is 0 Å². The van der Waals surface area contributed by atoms with E-state index in [1.807, 2.05) is 0 Å². The number of nitrogens with zero attached hydrogens (tertiary/aromatic N) is 3. The molecule has 0 saturated carbocycles. The van der Waals surface area contributed by atoms with E-state index < -0.39 is 32.9 Å². The molecule has 0 radical (unpaired) electrons. The summed E-state index contributed by atoms with van der Waals surface area (Å²) in [5, 5.41) is 8.38. The van der Waals surface area contributed by atoms with E-state index in [0.29, 0.717) is 0 Å². The molecule has 0 N–H and O–H groups in total. The van der Waals surface area contributed by atoms with Crippen LogP contribution in [0.2, 0.25) is 10.3 Å². The van der Waals surface area contributed by atoms with Gasteiger partial charge >= 0.3 is 11.9 Å². The third-order valence-electron chi connectivity index (χ3n) is 1.24. The minimum atomic E-state index is -4.86. The Balaban J connectivity index is 3.39. The predicted octanol–water partition coefficient (Wildman–Crippen LogP) is 2.71. The molecule has 1 aromatic heterocycles. The molecule has 0 atom stereocenters. The van der Waals surface area contributed by atoms with Crippen LogP contribution in [0.3, 0.4) is 0 Å². The van der Waals surface area contributed by atoms with Crippen molar-refractivity contribution in [2.75, 3.05) is 0 Å². The molecule has 0 aliphatic rings. The Labute approximate surface area is 90.0 Å². The Morgan fingerprint density at radius 1 is 1.20 bits per heavy atom. The number of halogens is 5. The fraction of sp³-hybridized carbons (Fsp3) is 0.200. The van der Waals surface area contributed by atoms with E-state index >= 15 is 0 Å². The lowest BCUT2D eigenvalue weighted by atomic mass is 10.5. The van der Waals surface area contributed by atoms with E-state index in [1.54, 1.807) is 0 Å². The second-order valence-corrected chi connectivity index (χ2v) is 2.95. The smallest absolute Gasteiger partial charge is 0.258 e. The first kappa shape index (κ1) is 11.9. The average molecular weight is 262 g/mol. The highest BCUT2D eigenvalue weighted by Crippen LogP contribution is 2.34. The lowest BCUT2D eigenvalue weighted by molar-refractivity contribution is -0.385. The second kappa shape index (κ2) is 3.78. The maximum atomic E-state index is 12.1. The van der Waals surface area contributed by atoms with E-state index in [-0.39, 0.29) is 0 Å². The third-order valence-corrected chi connectivity index (χ3v) is 1.76. The van der Waals surface area contributed by atoms with Crippen LogP contribution in [0.1, 0.15) is 5.82 Å². The van der Waals surface area contributed by atoms with E-state index in [4.69, 9.17) is 23.2 Å². The van der Waals surface area contributed by atoms with Crippen LogP contribution in [0.5, 0.6) is 0 Å². The molecule has 0 bridgehead atoms. The highest BCUT2D eigenvalue weighted by Gasteiger charge is 2.37. The van der Waals surface area contributed by atoms with Crippen LogP contribution in [0.15, 0.2) is 0 Å². The molecular weight excluding hydrogens is 262 g/mol. The van der Waals surface area contributed by atoms with E-state index in [9.17, 15) is 23.3 Å². The summed E-state index contributed by atoms with van der Waals surface area (Å²) in [5.41, 5.74) is -0.952. The number of hydrogen-bond donors (Lipinski definition) is 0. The predicted molar refractivity (Wildman–Crippen MR) is 43.7 cm³/mol. The normalized spacial score (nSPS) is 11.5. The lowest BCUT2D eigenvalue weighted by Gasteiger charge is -2.05. The molecule has 15 heavy (non-hydrogen) atoms. The Kier molecular flexibility index (Phi) is 3.00. The van der Waals surface area contributed by atoms with Gasteiger partial charge in [-0.1, -0.05) is 23.2 Å². The number of nitro groups is 1. The Morgan fingerprint density at radius 3 is 1.87 bits per heavy atom. The van der Waals surface area contributed by atoms with Crippen LogP contribution in [0, 0.1) is 10.1 Å². The summed E-state index contributed by atoms with van der Waals surface area (Å²) in [6.07, 6.45) is -4.86. The maximum absolute atomic E-state index is 12.1. The van der Waals surface area contributed by atoms with Crippen LogP contribution >= 0.6 is 23.2 Å². The summed E-state index contributed by atoms with van der Waals surface area (Å²) in [5.74, 6) is -1.62. The van der Waals surface area contributed by atoms with Gasteiger partial charge in [0.2, 0.25) is 16.1 Å². The summed E-state index contributed by atoms with van der Waals surface area (Å²) in [7, 11) is 0. The van der Waals surface area contributed by atoms with Gasteiger partial charge in [0.1, 0.15) is 0 Å². The number of hydrogen-bond acceptors (Lipinski definition) is 4. The topological polar surface area (TPSA) is 68.9 Å². The molecule has 0 spiro atoms. The molecular formula is C5Cl2F3N3O2. The van der Waals surface area contributed by atoms with Gasteiger partial charge in [-0.25, -0.2) is 9.97 Å². The van der Waals surface area contributed by atoms with Gasteiger partial charge in [0.15, 0.2) is 0 Å². The van der Waals surface area contributed by atoms with Crippen LogP contribution in [0.4, 0.5) is 18.9 Å². The summed E-state index contributed by atoms with van der Waals surface area (Å²) < 4.78 is 36.2. The Morgan fingerprint density at radius 2 is 1.60 bits per heavy atom.